The molecule has 0 aliphatic rings. The number of aliphatic imine (C=N–C) groups is 1. The van der Waals surface area contributed by atoms with Gasteiger partial charge in [0.2, 0.25) is 0 Å². The molecular formula is C11H13N3O4. The zero-order valence-corrected chi connectivity index (χ0v) is 9.37. The normalized spacial score (nSPS) is 12.5. The monoisotopic (exact) mass is 251 g/mol. The van der Waals surface area contributed by atoms with Gasteiger partial charge in [0.15, 0.2) is 6.04 Å². The maximum Gasteiger partial charge on any atom is 0.330 e. The Balaban J connectivity index is 2.95. The molecule has 0 saturated carbocycles. The molecule has 18 heavy (non-hydrogen) atoms. The molecule has 0 heterocycles. The van der Waals surface area contributed by atoms with Crippen molar-refractivity contribution in [1.29, 1.82) is 5.41 Å². The van der Waals surface area contributed by atoms with E-state index in [9.17, 15) is 9.90 Å². The Morgan fingerprint density at radius 1 is 1.56 bits per heavy atom. The number of carboxylic acids is 1. The summed E-state index contributed by atoms with van der Waals surface area (Å²) in [7, 11) is 0. The van der Waals surface area contributed by atoms with Crippen molar-refractivity contribution in [3.05, 3.63) is 29.3 Å². The molecule has 0 fully saturated rings. The number of nitrogens with zero attached hydrogens (tertiary/aromatic N) is 1. The van der Waals surface area contributed by atoms with Crippen LogP contribution in [0.4, 0.5) is 0 Å². The molecule has 96 valence electrons. The van der Waals surface area contributed by atoms with Crippen LogP contribution in [0.1, 0.15) is 11.1 Å². The van der Waals surface area contributed by atoms with E-state index in [1.807, 2.05) is 0 Å². The number of carboxylic acid groups (broad SMARTS) is 1. The molecular weight excluding hydrogens is 238 g/mol. The summed E-state index contributed by atoms with van der Waals surface area (Å²) in [4.78, 5) is 14.2. The minimum Gasteiger partial charge on any atom is -0.507 e. The minimum absolute atomic E-state index is 0.173. The zero-order valence-electron chi connectivity index (χ0n) is 9.37. The summed E-state index contributed by atoms with van der Waals surface area (Å²) in [6.07, 6.45) is 1.15. The average molecular weight is 251 g/mol. The number of amidine groups is 1. The van der Waals surface area contributed by atoms with Crippen LogP contribution in [-0.4, -0.2) is 46.0 Å². The van der Waals surface area contributed by atoms with E-state index in [1.54, 1.807) is 0 Å². The Bertz CT molecular complexity index is 499. The molecule has 0 spiro atoms. The quantitative estimate of drug-likeness (QED) is 0.356. The van der Waals surface area contributed by atoms with E-state index < -0.39 is 18.6 Å². The lowest BCUT2D eigenvalue weighted by Crippen LogP contribution is -2.22. The lowest BCUT2D eigenvalue weighted by atomic mass is 10.1. The molecule has 7 nitrogen and oxygen atoms in total. The standard InChI is InChI=1S/C11H13N3O4/c12-10(13)6-1-2-7(9(16)3-6)4-14-8(5-15)11(17)18/h1-4,8,15-16H,5H2,(H3,12,13)(H,17,18)/t8-/m0/s1. The van der Waals surface area contributed by atoms with Gasteiger partial charge in [-0.1, -0.05) is 6.07 Å². The fourth-order valence-electron chi connectivity index (χ4n) is 1.18. The summed E-state index contributed by atoms with van der Waals surface area (Å²) in [6, 6.07) is 2.96. The summed E-state index contributed by atoms with van der Waals surface area (Å²) >= 11 is 0. The SMILES string of the molecule is N=C(N)c1ccc(C=N[C@@H](CO)C(=O)O)c(O)c1. The number of phenols is 1. The number of nitrogens with two attached hydrogens (primary N) is 1. The molecule has 6 N–H and O–H groups in total. The highest BCUT2D eigenvalue weighted by molar-refractivity contribution is 5.96. The maximum atomic E-state index is 10.6. The van der Waals surface area contributed by atoms with Crippen LogP contribution in [0.3, 0.4) is 0 Å². The molecule has 1 rings (SSSR count). The number of aromatic hydroxyl groups is 1. The highest BCUT2D eigenvalue weighted by atomic mass is 16.4. The molecule has 0 aromatic heterocycles. The highest BCUT2D eigenvalue weighted by Crippen LogP contribution is 2.16. The van der Waals surface area contributed by atoms with E-state index in [-0.39, 0.29) is 17.1 Å². The smallest absolute Gasteiger partial charge is 0.330 e. The Hall–Kier alpha value is -2.41. The number of hydrogen-bond acceptors (Lipinski definition) is 5. The number of rotatable bonds is 5. The van der Waals surface area contributed by atoms with Gasteiger partial charge in [0.25, 0.3) is 0 Å². The van der Waals surface area contributed by atoms with Crippen LogP contribution in [0.15, 0.2) is 23.2 Å². The van der Waals surface area contributed by atoms with E-state index in [0.717, 1.165) is 6.21 Å². The van der Waals surface area contributed by atoms with E-state index >= 15 is 0 Å². The predicted octanol–water partition coefficient (Wildman–Crippen LogP) is -0.459. The van der Waals surface area contributed by atoms with Gasteiger partial charge >= 0.3 is 5.97 Å². The van der Waals surface area contributed by atoms with Crippen LogP contribution in [0, 0.1) is 5.41 Å². The fraction of sp³-hybridized carbons (Fsp3) is 0.182. The number of phenolic OH excluding ortho intramolecular Hbond substituents is 1. The summed E-state index contributed by atoms with van der Waals surface area (Å²) in [5.41, 5.74) is 5.87. The van der Waals surface area contributed by atoms with Crippen molar-refractivity contribution in [2.24, 2.45) is 10.7 Å². The summed E-state index contributed by atoms with van der Waals surface area (Å²) < 4.78 is 0. The van der Waals surface area contributed by atoms with Crippen molar-refractivity contribution in [2.75, 3.05) is 6.61 Å². The third kappa shape index (κ3) is 3.29. The van der Waals surface area contributed by atoms with Crippen LogP contribution >= 0.6 is 0 Å². The van der Waals surface area contributed by atoms with Gasteiger partial charge < -0.3 is 21.1 Å². The topological polar surface area (TPSA) is 140 Å². The number of benzene rings is 1. The molecule has 0 bridgehead atoms. The first-order chi connectivity index (χ1) is 8.45. The van der Waals surface area contributed by atoms with E-state index in [0.29, 0.717) is 5.56 Å². The van der Waals surface area contributed by atoms with Crippen molar-refractivity contribution < 1.29 is 20.1 Å². The number of aliphatic hydroxyl groups excluding tert-OH is 1. The second kappa shape index (κ2) is 5.78. The molecule has 0 radical (unpaired) electrons. The van der Waals surface area contributed by atoms with Gasteiger partial charge in [-0.3, -0.25) is 10.4 Å². The number of aliphatic carboxylic acids is 1. The number of aliphatic hydroxyl groups is 1. The first kappa shape index (κ1) is 13.7. The Labute approximate surface area is 103 Å². The summed E-state index contributed by atoms with van der Waals surface area (Å²) in [6.45, 7) is -0.627. The van der Waals surface area contributed by atoms with E-state index in [4.69, 9.17) is 21.4 Å². The lowest BCUT2D eigenvalue weighted by molar-refractivity contribution is -0.139. The summed E-state index contributed by atoms with van der Waals surface area (Å²) in [5.74, 6) is -1.62. The summed E-state index contributed by atoms with van der Waals surface area (Å²) in [5, 5.41) is 34.2. The molecule has 1 atom stereocenters. The largest absolute Gasteiger partial charge is 0.507 e. The van der Waals surface area contributed by atoms with Crippen molar-refractivity contribution in [3.8, 4) is 5.75 Å². The molecule has 7 heteroatoms. The van der Waals surface area contributed by atoms with Crippen molar-refractivity contribution >= 4 is 18.0 Å². The van der Waals surface area contributed by atoms with Crippen molar-refractivity contribution in [3.63, 3.8) is 0 Å². The predicted molar refractivity (Wildman–Crippen MR) is 65.2 cm³/mol. The van der Waals surface area contributed by atoms with Crippen LogP contribution in [0.25, 0.3) is 0 Å². The molecule has 0 amide bonds. The third-order valence-electron chi connectivity index (χ3n) is 2.19. The van der Waals surface area contributed by atoms with Gasteiger partial charge in [-0.05, 0) is 12.1 Å². The molecule has 0 aliphatic heterocycles. The lowest BCUT2D eigenvalue weighted by Gasteiger charge is -2.04. The molecule has 0 aliphatic carbocycles. The first-order valence-corrected chi connectivity index (χ1v) is 5.00. The van der Waals surface area contributed by atoms with Crippen LogP contribution < -0.4 is 5.73 Å². The Kier molecular flexibility index (Phi) is 4.39. The second-order valence-corrected chi connectivity index (χ2v) is 3.50. The highest BCUT2D eigenvalue weighted by Gasteiger charge is 2.13. The number of nitrogen functional groups attached to an aromatic ring is 1. The number of hydrogen-bond donors (Lipinski definition) is 5. The van der Waals surface area contributed by atoms with Gasteiger partial charge in [-0.15, -0.1) is 0 Å². The van der Waals surface area contributed by atoms with Crippen molar-refractivity contribution in [1.82, 2.24) is 0 Å². The number of nitrogens with one attached hydrogen (secondary N) is 1. The molecule has 1 aromatic rings. The van der Waals surface area contributed by atoms with Gasteiger partial charge in [0.1, 0.15) is 11.6 Å². The van der Waals surface area contributed by atoms with Gasteiger partial charge in [0.05, 0.1) is 6.61 Å². The fourth-order valence-corrected chi connectivity index (χ4v) is 1.18. The van der Waals surface area contributed by atoms with E-state index in [2.05, 4.69) is 4.99 Å². The number of carbonyl (C=O) groups is 1. The average Bonchev–Trinajstić information content (AvgIpc) is 2.30. The first-order valence-electron chi connectivity index (χ1n) is 5.00. The molecule has 0 saturated heterocycles. The van der Waals surface area contributed by atoms with Gasteiger partial charge in [-0.25, -0.2) is 4.79 Å². The maximum absolute atomic E-state index is 10.6. The van der Waals surface area contributed by atoms with Crippen LogP contribution in [0.2, 0.25) is 0 Å². The van der Waals surface area contributed by atoms with Crippen LogP contribution in [0.5, 0.6) is 5.75 Å². The van der Waals surface area contributed by atoms with Crippen molar-refractivity contribution in [2.45, 2.75) is 6.04 Å². The molecule has 1 aromatic carbocycles. The second-order valence-electron chi connectivity index (χ2n) is 3.50. The van der Waals surface area contributed by atoms with Crippen LogP contribution in [-0.2, 0) is 4.79 Å². The minimum atomic E-state index is -1.27. The molecule has 0 unspecified atom stereocenters. The Morgan fingerprint density at radius 3 is 2.67 bits per heavy atom. The van der Waals surface area contributed by atoms with Gasteiger partial charge in [-0.2, -0.15) is 0 Å². The third-order valence-corrected chi connectivity index (χ3v) is 2.19. The zero-order chi connectivity index (χ0) is 13.7. The Morgan fingerprint density at radius 2 is 2.22 bits per heavy atom. The van der Waals surface area contributed by atoms with Gasteiger partial charge in [0, 0.05) is 17.3 Å². The van der Waals surface area contributed by atoms with E-state index in [1.165, 1.54) is 18.2 Å².